The fourth-order valence-corrected chi connectivity index (χ4v) is 10.3. The Morgan fingerprint density at radius 3 is 1.59 bits per heavy atom. The zero-order chi connectivity index (χ0) is 33.5. The van der Waals surface area contributed by atoms with E-state index in [4.69, 9.17) is 15.0 Å². The molecule has 238 valence electrons. The Kier molecular flexibility index (Phi) is 6.26. The maximum Gasteiger partial charge on any atom is 0.164 e. The first-order chi connectivity index (χ1) is 25.3. The molecule has 0 aliphatic rings. The van der Waals surface area contributed by atoms with Crippen molar-refractivity contribution in [3.8, 4) is 39.9 Å². The van der Waals surface area contributed by atoms with Gasteiger partial charge in [0.25, 0.3) is 0 Å². The normalized spacial score (nSPS) is 11.9. The molecule has 6 heteroatoms. The van der Waals surface area contributed by atoms with E-state index in [1.54, 1.807) is 0 Å². The van der Waals surface area contributed by atoms with Gasteiger partial charge in [0, 0.05) is 53.7 Å². The van der Waals surface area contributed by atoms with Gasteiger partial charge in [0.1, 0.15) is 0 Å². The van der Waals surface area contributed by atoms with Gasteiger partial charge in [-0.25, -0.2) is 15.0 Å². The van der Waals surface area contributed by atoms with Gasteiger partial charge >= 0.3 is 0 Å². The number of fused-ring (bicyclic) bond motifs is 10. The molecular weight excluding hydrogens is 661 g/mol. The highest BCUT2D eigenvalue weighted by atomic mass is 32.1. The largest absolute Gasteiger partial charge is 0.308 e. The average molecular weight is 687 g/mol. The van der Waals surface area contributed by atoms with E-state index < -0.39 is 0 Å². The maximum absolute atomic E-state index is 5.11. The van der Waals surface area contributed by atoms with Gasteiger partial charge < -0.3 is 4.57 Å². The summed E-state index contributed by atoms with van der Waals surface area (Å²) in [5.41, 5.74) is 6.61. The number of nitrogens with zero attached hydrogens (tertiary/aromatic N) is 4. The summed E-state index contributed by atoms with van der Waals surface area (Å²) in [5, 5.41) is 7.53. The van der Waals surface area contributed by atoms with Gasteiger partial charge in [-0.15, -0.1) is 22.7 Å². The monoisotopic (exact) mass is 686 g/mol. The first-order valence-corrected chi connectivity index (χ1v) is 18.6. The lowest BCUT2D eigenvalue weighted by Gasteiger charge is -2.09. The van der Waals surface area contributed by atoms with Gasteiger partial charge in [-0.1, -0.05) is 133 Å². The Labute approximate surface area is 300 Å². The molecule has 0 aliphatic carbocycles. The van der Waals surface area contributed by atoms with Crippen LogP contribution in [0.25, 0.3) is 102 Å². The molecule has 4 aromatic heterocycles. The third kappa shape index (κ3) is 4.34. The molecule has 0 amide bonds. The molecule has 0 saturated carbocycles. The molecule has 11 rings (SSSR count). The summed E-state index contributed by atoms with van der Waals surface area (Å²) < 4.78 is 7.57. The Morgan fingerprint density at radius 1 is 0.373 bits per heavy atom. The highest BCUT2D eigenvalue weighted by Gasteiger charge is 2.21. The van der Waals surface area contributed by atoms with Crippen molar-refractivity contribution in [3.63, 3.8) is 0 Å². The van der Waals surface area contributed by atoms with Gasteiger partial charge in [-0.3, -0.25) is 0 Å². The molecule has 4 heterocycles. The first-order valence-electron chi connectivity index (χ1n) is 17.0. The predicted octanol–water partition coefficient (Wildman–Crippen LogP) is 12.7. The van der Waals surface area contributed by atoms with Gasteiger partial charge in [0.2, 0.25) is 0 Å². The van der Waals surface area contributed by atoms with Crippen LogP contribution in [-0.4, -0.2) is 19.5 Å². The van der Waals surface area contributed by atoms with Gasteiger partial charge in [-0.2, -0.15) is 0 Å². The second-order valence-electron chi connectivity index (χ2n) is 12.8. The van der Waals surface area contributed by atoms with Crippen LogP contribution in [-0.2, 0) is 0 Å². The molecule has 0 radical (unpaired) electrons. The first kappa shape index (κ1) is 28.6. The number of hydrogen-bond acceptors (Lipinski definition) is 5. The molecule has 11 aromatic rings. The average Bonchev–Trinajstić information content (AvgIpc) is 3.88. The molecule has 0 N–H and O–H groups in total. The van der Waals surface area contributed by atoms with Crippen LogP contribution in [0.4, 0.5) is 0 Å². The second kappa shape index (κ2) is 11.2. The third-order valence-electron chi connectivity index (χ3n) is 9.87. The standard InChI is InChI=1S/C45H26N4S2/c1-3-13-27(14-4-1)43-46-44(28-15-5-2-6-16-28)48-45(47-43)34-20-12-24-38-39(34)33-26-25-32-31-19-11-23-37(40(31)51-41(32)42(33)50-38)49-35-21-9-7-17-29(35)30-18-8-10-22-36(30)49/h1-26H. The molecule has 0 spiro atoms. The number of thiophene rings is 2. The maximum atomic E-state index is 5.11. The third-order valence-corrected chi connectivity index (χ3v) is 12.4. The van der Waals surface area contributed by atoms with Gasteiger partial charge in [-0.05, 0) is 24.3 Å². The fraction of sp³-hybridized carbons (Fsp3) is 0. The lowest BCUT2D eigenvalue weighted by atomic mass is 10.0. The van der Waals surface area contributed by atoms with Crippen LogP contribution >= 0.6 is 22.7 Å². The Hall–Kier alpha value is -6.21. The van der Waals surface area contributed by atoms with Gasteiger partial charge in [0.05, 0.1) is 30.8 Å². The summed E-state index contributed by atoms with van der Waals surface area (Å²) in [7, 11) is 0. The van der Waals surface area contributed by atoms with Crippen molar-refractivity contribution in [1.29, 1.82) is 0 Å². The van der Waals surface area contributed by atoms with E-state index in [-0.39, 0.29) is 0 Å². The van der Waals surface area contributed by atoms with Crippen molar-refractivity contribution in [2.45, 2.75) is 0 Å². The molecule has 51 heavy (non-hydrogen) atoms. The summed E-state index contributed by atoms with van der Waals surface area (Å²) in [5.74, 6) is 2.01. The highest BCUT2D eigenvalue weighted by Crippen LogP contribution is 2.48. The second-order valence-corrected chi connectivity index (χ2v) is 14.8. The van der Waals surface area contributed by atoms with Crippen LogP contribution in [0.5, 0.6) is 0 Å². The highest BCUT2D eigenvalue weighted by molar-refractivity contribution is 7.33. The molecule has 4 nitrogen and oxygen atoms in total. The molecule has 0 fully saturated rings. The van der Waals surface area contributed by atoms with Crippen LogP contribution in [0.15, 0.2) is 158 Å². The van der Waals surface area contributed by atoms with E-state index in [9.17, 15) is 0 Å². The minimum absolute atomic E-state index is 0.667. The summed E-state index contributed by atoms with van der Waals surface area (Å²) in [6, 6.07) is 55.7. The van der Waals surface area contributed by atoms with Crippen molar-refractivity contribution in [2.24, 2.45) is 0 Å². The van der Waals surface area contributed by atoms with Crippen LogP contribution in [0, 0.1) is 0 Å². The van der Waals surface area contributed by atoms with E-state index in [2.05, 4.69) is 126 Å². The Balaban J connectivity index is 1.16. The van der Waals surface area contributed by atoms with E-state index >= 15 is 0 Å². The Bertz CT molecular complexity index is 3030. The summed E-state index contributed by atoms with van der Waals surface area (Å²) in [4.78, 5) is 15.2. The zero-order valence-electron chi connectivity index (χ0n) is 27.1. The van der Waals surface area contributed by atoms with Crippen LogP contribution in [0.1, 0.15) is 0 Å². The fourth-order valence-electron chi connectivity index (χ4n) is 7.60. The lowest BCUT2D eigenvalue weighted by Crippen LogP contribution is -2.00. The minimum Gasteiger partial charge on any atom is -0.308 e. The Morgan fingerprint density at radius 2 is 0.902 bits per heavy atom. The molecule has 0 bridgehead atoms. The summed E-state index contributed by atoms with van der Waals surface area (Å²) in [6.45, 7) is 0. The molecule has 0 unspecified atom stereocenters. The van der Waals surface area contributed by atoms with E-state index in [1.807, 2.05) is 59.1 Å². The van der Waals surface area contributed by atoms with E-state index in [0.29, 0.717) is 17.5 Å². The topological polar surface area (TPSA) is 43.6 Å². The zero-order valence-corrected chi connectivity index (χ0v) is 28.7. The molecule has 0 atom stereocenters. The van der Waals surface area contributed by atoms with Crippen LogP contribution in [0.3, 0.4) is 0 Å². The van der Waals surface area contributed by atoms with Gasteiger partial charge in [0.15, 0.2) is 17.5 Å². The molecule has 0 saturated heterocycles. The van der Waals surface area contributed by atoms with E-state index in [0.717, 1.165) is 16.7 Å². The SMILES string of the molecule is c1ccc(-c2nc(-c3ccccc3)nc(-c3cccc4sc5c(ccc6c7cccc(-n8c9ccccc9c9ccccc98)c7sc65)c34)n2)cc1. The number of hydrogen-bond donors (Lipinski definition) is 0. The van der Waals surface area contributed by atoms with Crippen molar-refractivity contribution < 1.29 is 0 Å². The minimum atomic E-state index is 0.667. The molecular formula is C45H26N4S2. The van der Waals surface area contributed by atoms with Crippen molar-refractivity contribution >= 4 is 84.8 Å². The predicted molar refractivity (Wildman–Crippen MR) is 216 cm³/mol. The smallest absolute Gasteiger partial charge is 0.164 e. The van der Waals surface area contributed by atoms with Crippen molar-refractivity contribution in [2.75, 3.05) is 0 Å². The van der Waals surface area contributed by atoms with Crippen molar-refractivity contribution in [1.82, 2.24) is 19.5 Å². The quantitative estimate of drug-likeness (QED) is 0.185. The van der Waals surface area contributed by atoms with Crippen molar-refractivity contribution in [3.05, 3.63) is 158 Å². The molecule has 7 aromatic carbocycles. The number of aromatic nitrogens is 4. The van der Waals surface area contributed by atoms with Crippen LogP contribution in [0.2, 0.25) is 0 Å². The summed E-state index contributed by atoms with van der Waals surface area (Å²) >= 11 is 3.76. The number of rotatable bonds is 4. The lowest BCUT2D eigenvalue weighted by molar-refractivity contribution is 1.08. The summed E-state index contributed by atoms with van der Waals surface area (Å²) in [6.07, 6.45) is 0. The molecule has 0 aliphatic heterocycles. The number of benzene rings is 7. The van der Waals surface area contributed by atoms with E-state index in [1.165, 1.54) is 67.8 Å². The van der Waals surface area contributed by atoms with Crippen LogP contribution < -0.4 is 0 Å². The number of para-hydroxylation sites is 2.